The van der Waals surface area contributed by atoms with Crippen molar-refractivity contribution in [1.29, 1.82) is 0 Å². The van der Waals surface area contributed by atoms with E-state index in [1.54, 1.807) is 72.8 Å². The van der Waals surface area contributed by atoms with Crippen molar-refractivity contribution in [3.8, 4) is 16.2 Å². The Morgan fingerprint density at radius 2 is 1.60 bits per heavy atom. The topological polar surface area (TPSA) is 111 Å². The van der Waals surface area contributed by atoms with Crippen molar-refractivity contribution in [2.24, 2.45) is 5.73 Å². The number of halogens is 1. The number of carbonyl (C=O) groups excluding carboxylic acids is 3. The quantitative estimate of drug-likeness (QED) is 0.336. The van der Waals surface area contributed by atoms with Crippen molar-refractivity contribution in [2.45, 2.75) is 6.61 Å². The van der Waals surface area contributed by atoms with Crippen molar-refractivity contribution >= 4 is 29.1 Å². The van der Waals surface area contributed by atoms with E-state index in [1.807, 2.05) is 0 Å². The zero-order chi connectivity index (χ0) is 24.8. The number of hydrogen-bond donors (Lipinski definition) is 3. The molecule has 0 atom stereocenters. The van der Waals surface area contributed by atoms with Gasteiger partial charge in [0.1, 0.15) is 18.2 Å². The van der Waals surface area contributed by atoms with Crippen LogP contribution in [0.1, 0.15) is 36.0 Å². The summed E-state index contributed by atoms with van der Waals surface area (Å²) < 4.78 is 18.8. The fraction of sp³-hybridized carbons (Fsp3) is 0.0385. The van der Waals surface area contributed by atoms with Crippen molar-refractivity contribution < 1.29 is 23.5 Å². The molecule has 4 rings (SSSR count). The molecule has 7 nitrogen and oxygen atoms in total. The number of primary amides is 1. The smallest absolute Gasteiger partial charge is 0.279 e. The van der Waals surface area contributed by atoms with Gasteiger partial charge in [0, 0.05) is 10.4 Å². The molecule has 0 saturated carbocycles. The lowest BCUT2D eigenvalue weighted by Gasteiger charge is -2.11. The Bertz CT molecular complexity index is 1390. The van der Waals surface area contributed by atoms with Gasteiger partial charge >= 0.3 is 0 Å². The minimum atomic E-state index is -0.597. The van der Waals surface area contributed by atoms with Crippen molar-refractivity contribution in [2.75, 3.05) is 0 Å². The van der Waals surface area contributed by atoms with Crippen LogP contribution in [-0.4, -0.2) is 17.7 Å². The summed E-state index contributed by atoms with van der Waals surface area (Å²) in [5.74, 6) is -1.57. The third-order valence-corrected chi connectivity index (χ3v) is 6.12. The Balaban J connectivity index is 1.35. The molecule has 0 spiro atoms. The second kappa shape index (κ2) is 10.6. The molecule has 0 bridgehead atoms. The maximum atomic E-state index is 13.1. The summed E-state index contributed by atoms with van der Waals surface area (Å²) in [6, 6.07) is 22.6. The van der Waals surface area contributed by atoms with Gasteiger partial charge in [-0.3, -0.25) is 25.2 Å². The first-order valence-corrected chi connectivity index (χ1v) is 11.3. The highest BCUT2D eigenvalue weighted by Gasteiger charge is 2.13. The van der Waals surface area contributed by atoms with Crippen LogP contribution < -0.4 is 21.3 Å². The highest BCUT2D eigenvalue weighted by atomic mass is 32.1. The van der Waals surface area contributed by atoms with Gasteiger partial charge in [-0.1, -0.05) is 36.4 Å². The third kappa shape index (κ3) is 5.90. The third-order valence-electron chi connectivity index (χ3n) is 4.98. The highest BCUT2D eigenvalue weighted by Crippen LogP contribution is 2.28. The van der Waals surface area contributed by atoms with Crippen molar-refractivity contribution in [3.63, 3.8) is 0 Å². The fourth-order valence-electron chi connectivity index (χ4n) is 3.24. The predicted molar refractivity (Wildman–Crippen MR) is 130 cm³/mol. The predicted octanol–water partition coefficient (Wildman–Crippen LogP) is 4.31. The van der Waals surface area contributed by atoms with Crippen molar-refractivity contribution in [3.05, 3.63) is 112 Å². The number of hydrogen-bond acceptors (Lipinski definition) is 5. The molecule has 9 heteroatoms. The Kier molecular flexibility index (Phi) is 7.18. The highest BCUT2D eigenvalue weighted by molar-refractivity contribution is 7.17. The molecule has 35 heavy (non-hydrogen) atoms. The van der Waals surface area contributed by atoms with Crippen LogP contribution in [-0.2, 0) is 6.61 Å². The lowest BCUT2D eigenvalue weighted by Crippen LogP contribution is -2.41. The number of nitrogens with one attached hydrogen (secondary N) is 2. The van der Waals surface area contributed by atoms with Crippen LogP contribution >= 0.6 is 11.3 Å². The Labute approximate surface area is 204 Å². The number of carbonyl (C=O) groups is 3. The number of benzene rings is 3. The molecular formula is C26H20FN3O4S. The lowest BCUT2D eigenvalue weighted by atomic mass is 10.1. The van der Waals surface area contributed by atoms with Crippen LogP contribution in [0, 0.1) is 5.82 Å². The first kappa shape index (κ1) is 23.7. The molecule has 0 fully saturated rings. The number of rotatable bonds is 7. The summed E-state index contributed by atoms with van der Waals surface area (Å²) in [4.78, 5) is 37.7. The fourth-order valence-corrected chi connectivity index (χ4v) is 4.14. The van der Waals surface area contributed by atoms with E-state index in [4.69, 9.17) is 10.5 Å². The van der Waals surface area contributed by atoms with E-state index in [-0.39, 0.29) is 18.0 Å². The average Bonchev–Trinajstić information content (AvgIpc) is 3.37. The van der Waals surface area contributed by atoms with Gasteiger partial charge in [0.05, 0.1) is 10.4 Å². The van der Waals surface area contributed by atoms with Gasteiger partial charge in [0.15, 0.2) is 0 Å². The zero-order valence-corrected chi connectivity index (χ0v) is 19.1. The molecule has 0 aliphatic heterocycles. The normalized spacial score (nSPS) is 10.4. The average molecular weight is 490 g/mol. The van der Waals surface area contributed by atoms with Crippen LogP contribution in [0.15, 0.2) is 84.9 Å². The van der Waals surface area contributed by atoms with Gasteiger partial charge in [-0.2, -0.15) is 0 Å². The van der Waals surface area contributed by atoms with E-state index in [0.29, 0.717) is 21.8 Å². The van der Waals surface area contributed by atoms with Gasteiger partial charge in [-0.15, -0.1) is 11.3 Å². The number of para-hydroxylation sites is 1. The van der Waals surface area contributed by atoms with E-state index in [1.165, 1.54) is 23.5 Å². The molecule has 3 aromatic carbocycles. The van der Waals surface area contributed by atoms with E-state index in [2.05, 4.69) is 10.9 Å². The molecule has 1 aromatic heterocycles. The first-order valence-electron chi connectivity index (χ1n) is 10.5. The second-order valence-corrected chi connectivity index (χ2v) is 8.51. The number of thiophene rings is 1. The van der Waals surface area contributed by atoms with Crippen LogP contribution in [0.2, 0.25) is 0 Å². The Morgan fingerprint density at radius 3 is 2.37 bits per heavy atom. The van der Waals surface area contributed by atoms with Gasteiger partial charge < -0.3 is 10.5 Å². The second-order valence-electron chi connectivity index (χ2n) is 7.43. The van der Waals surface area contributed by atoms with E-state index in [0.717, 1.165) is 10.4 Å². The number of nitrogens with two attached hydrogens (primary N) is 1. The molecule has 1 heterocycles. The van der Waals surface area contributed by atoms with Crippen LogP contribution in [0.25, 0.3) is 10.4 Å². The Hall–Kier alpha value is -4.50. The summed E-state index contributed by atoms with van der Waals surface area (Å²) in [5.41, 5.74) is 12.2. The summed E-state index contributed by atoms with van der Waals surface area (Å²) in [5, 5.41) is 0. The molecule has 0 radical (unpaired) electrons. The van der Waals surface area contributed by atoms with Gasteiger partial charge in [0.2, 0.25) is 0 Å². The number of ether oxygens (including phenoxy) is 1. The van der Waals surface area contributed by atoms with E-state index in [9.17, 15) is 18.8 Å². The molecule has 0 aliphatic rings. The molecule has 0 aliphatic carbocycles. The van der Waals surface area contributed by atoms with Crippen LogP contribution in [0.4, 0.5) is 4.39 Å². The molecule has 4 aromatic rings. The zero-order valence-electron chi connectivity index (χ0n) is 18.3. The number of amides is 3. The molecular weight excluding hydrogens is 469 g/mol. The van der Waals surface area contributed by atoms with E-state index < -0.39 is 17.7 Å². The van der Waals surface area contributed by atoms with Crippen LogP contribution in [0.5, 0.6) is 5.75 Å². The summed E-state index contributed by atoms with van der Waals surface area (Å²) in [7, 11) is 0. The van der Waals surface area contributed by atoms with Gasteiger partial charge in [0.25, 0.3) is 17.7 Å². The lowest BCUT2D eigenvalue weighted by molar-refractivity contribution is 0.0849. The molecule has 176 valence electrons. The number of hydrazine groups is 1. The summed E-state index contributed by atoms with van der Waals surface area (Å²) >= 11 is 1.22. The largest absolute Gasteiger partial charge is 0.488 e. The van der Waals surface area contributed by atoms with E-state index >= 15 is 0 Å². The van der Waals surface area contributed by atoms with Gasteiger partial charge in [-0.05, 0) is 59.7 Å². The standard InChI is InChI=1S/C26H20FN3O4S/c27-19-10-8-17(9-11-19)22-12-13-23(35-22)26(33)30-29-25(32)18-5-3-4-16(14-18)15-34-21-7-2-1-6-20(21)24(28)31/h1-14H,15H2,(H2,28,31)(H,29,32)(H,30,33). The maximum absolute atomic E-state index is 13.1. The maximum Gasteiger partial charge on any atom is 0.279 e. The molecule has 0 unspecified atom stereocenters. The monoisotopic (exact) mass is 489 g/mol. The summed E-state index contributed by atoms with van der Waals surface area (Å²) in [6.45, 7) is 0.110. The van der Waals surface area contributed by atoms with Crippen molar-refractivity contribution in [1.82, 2.24) is 10.9 Å². The van der Waals surface area contributed by atoms with Crippen LogP contribution in [0.3, 0.4) is 0 Å². The molecule has 3 amide bonds. The Morgan fingerprint density at radius 1 is 0.857 bits per heavy atom. The molecule has 4 N–H and O–H groups in total. The minimum absolute atomic E-state index is 0.110. The van der Waals surface area contributed by atoms with Gasteiger partial charge in [-0.25, -0.2) is 4.39 Å². The molecule has 0 saturated heterocycles. The summed E-state index contributed by atoms with van der Waals surface area (Å²) in [6.07, 6.45) is 0. The first-order chi connectivity index (χ1) is 16.9. The SMILES string of the molecule is NC(=O)c1ccccc1OCc1cccc(C(=O)NNC(=O)c2ccc(-c3ccc(F)cc3)s2)c1. The minimum Gasteiger partial charge on any atom is -0.488 e.